The summed E-state index contributed by atoms with van der Waals surface area (Å²) in [5.74, 6) is 0.00166. The molecule has 1 aromatic heterocycles. The lowest BCUT2D eigenvalue weighted by Gasteiger charge is -2.28. The molecule has 1 unspecified atom stereocenters. The van der Waals surface area contributed by atoms with E-state index in [1.165, 1.54) is 9.80 Å². The molecule has 1 fully saturated rings. The molecule has 2 aliphatic heterocycles. The zero-order valence-electron chi connectivity index (χ0n) is 21.1. The molecule has 198 valence electrons. The fourth-order valence-corrected chi connectivity index (χ4v) is 5.08. The molecule has 0 spiro atoms. The number of benzene rings is 2. The van der Waals surface area contributed by atoms with Crippen LogP contribution in [0.4, 0.5) is 5.95 Å². The third-order valence-electron chi connectivity index (χ3n) is 7.11. The van der Waals surface area contributed by atoms with Crippen molar-refractivity contribution in [2.45, 2.75) is 31.5 Å². The average molecular weight is 536 g/mol. The number of aliphatic hydroxyl groups is 1. The van der Waals surface area contributed by atoms with Gasteiger partial charge in [0.1, 0.15) is 6.54 Å². The third-order valence-corrected chi connectivity index (χ3v) is 7.38. The summed E-state index contributed by atoms with van der Waals surface area (Å²) in [7, 11) is 1.64. The second-order valence-electron chi connectivity index (χ2n) is 9.57. The number of fused-ring (bicyclic) bond motifs is 1. The summed E-state index contributed by atoms with van der Waals surface area (Å²) in [5, 5.41) is 13.7. The summed E-state index contributed by atoms with van der Waals surface area (Å²) < 4.78 is 5.41. The van der Waals surface area contributed by atoms with Gasteiger partial charge in [0.2, 0.25) is 11.9 Å². The molecule has 10 heteroatoms. The molecule has 3 heterocycles. The number of halogens is 1. The van der Waals surface area contributed by atoms with Crippen LogP contribution in [-0.4, -0.2) is 76.1 Å². The van der Waals surface area contributed by atoms with Gasteiger partial charge in [0.15, 0.2) is 0 Å². The van der Waals surface area contributed by atoms with Crippen molar-refractivity contribution in [1.29, 1.82) is 0 Å². The van der Waals surface area contributed by atoms with Crippen LogP contribution in [0.1, 0.15) is 40.4 Å². The molecule has 0 aliphatic carbocycles. The normalized spacial score (nSPS) is 16.3. The van der Waals surface area contributed by atoms with Crippen LogP contribution < -0.4 is 5.32 Å². The number of carbonyl (C=O) groups excluding carboxylic acids is 2. The van der Waals surface area contributed by atoms with E-state index in [1.54, 1.807) is 19.3 Å². The molecule has 1 saturated heterocycles. The Labute approximate surface area is 226 Å². The molecule has 2 N–H and O–H groups in total. The van der Waals surface area contributed by atoms with Crippen molar-refractivity contribution in [2.24, 2.45) is 0 Å². The smallest absolute Gasteiger partial charge is 0.254 e. The first-order valence-corrected chi connectivity index (χ1v) is 13.0. The molecule has 0 radical (unpaired) electrons. The van der Waals surface area contributed by atoms with Crippen LogP contribution in [0.5, 0.6) is 0 Å². The number of likely N-dealkylation sites (N-methyl/N-ethyl adjacent to an activating group) is 1. The van der Waals surface area contributed by atoms with Crippen LogP contribution in [0.25, 0.3) is 11.3 Å². The van der Waals surface area contributed by atoms with Crippen molar-refractivity contribution in [2.75, 3.05) is 38.7 Å². The Hall–Kier alpha value is -3.53. The minimum atomic E-state index is -0.487. The molecule has 3 aromatic rings. The number of hydrogen-bond donors (Lipinski definition) is 2. The van der Waals surface area contributed by atoms with Gasteiger partial charge in [0.05, 0.1) is 29.6 Å². The molecule has 1 atom stereocenters. The number of ether oxygens (including phenoxy) is 1. The predicted molar refractivity (Wildman–Crippen MR) is 144 cm³/mol. The number of amides is 2. The molecule has 0 saturated carbocycles. The fraction of sp³-hybridized carbons (Fsp3) is 0.357. The lowest BCUT2D eigenvalue weighted by molar-refractivity contribution is -0.133. The lowest BCUT2D eigenvalue weighted by Crippen LogP contribution is -2.41. The molecule has 0 bridgehead atoms. The van der Waals surface area contributed by atoms with E-state index in [2.05, 4.69) is 15.3 Å². The SMILES string of the molecule is CN(C(=O)CN1Cc2ccc(-c3nc(NC4CCOCC4)ncc3Cl)cc2C1=O)C(CO)c1ccccc1. The summed E-state index contributed by atoms with van der Waals surface area (Å²) in [6.07, 6.45) is 3.32. The third kappa shape index (κ3) is 5.50. The number of rotatable bonds is 8. The van der Waals surface area contributed by atoms with Crippen LogP contribution in [0.2, 0.25) is 5.02 Å². The maximum Gasteiger partial charge on any atom is 0.254 e. The average Bonchev–Trinajstić information content (AvgIpc) is 3.25. The summed E-state index contributed by atoms with van der Waals surface area (Å²) in [6, 6.07) is 14.6. The second kappa shape index (κ2) is 11.5. The maximum atomic E-state index is 13.3. The fourth-order valence-electron chi connectivity index (χ4n) is 4.88. The van der Waals surface area contributed by atoms with Crippen molar-refractivity contribution < 1.29 is 19.4 Å². The summed E-state index contributed by atoms with van der Waals surface area (Å²) >= 11 is 6.45. The van der Waals surface area contributed by atoms with E-state index in [-0.39, 0.29) is 31.0 Å². The molecule has 2 aromatic carbocycles. The van der Waals surface area contributed by atoms with Gasteiger partial charge < -0.3 is 25.0 Å². The molecule has 2 aliphatic rings. The minimum absolute atomic E-state index is 0.0872. The first-order valence-electron chi connectivity index (χ1n) is 12.7. The van der Waals surface area contributed by atoms with E-state index in [9.17, 15) is 14.7 Å². The zero-order chi connectivity index (χ0) is 26.6. The standard InChI is InChI=1S/C28H30ClN5O4/c1-33(24(17-35)18-5-3-2-4-6-18)25(36)16-34-15-20-8-7-19(13-22(20)27(34)37)26-23(29)14-30-28(32-26)31-21-9-11-38-12-10-21/h2-8,13-14,21,24,35H,9-12,15-17H2,1H3,(H,30,31,32). The Morgan fingerprint density at radius 1 is 1.24 bits per heavy atom. The van der Waals surface area contributed by atoms with Crippen molar-refractivity contribution in [3.05, 3.63) is 76.4 Å². The van der Waals surface area contributed by atoms with Crippen LogP contribution in [0.3, 0.4) is 0 Å². The van der Waals surface area contributed by atoms with E-state index < -0.39 is 6.04 Å². The van der Waals surface area contributed by atoms with Gasteiger partial charge in [-0.25, -0.2) is 9.97 Å². The van der Waals surface area contributed by atoms with Crippen LogP contribution in [-0.2, 0) is 16.1 Å². The van der Waals surface area contributed by atoms with Crippen molar-refractivity contribution in [1.82, 2.24) is 19.8 Å². The van der Waals surface area contributed by atoms with E-state index in [0.29, 0.717) is 47.6 Å². The molecule has 38 heavy (non-hydrogen) atoms. The van der Waals surface area contributed by atoms with Gasteiger partial charge in [-0.15, -0.1) is 0 Å². The highest BCUT2D eigenvalue weighted by molar-refractivity contribution is 6.33. The Bertz CT molecular complexity index is 1320. The summed E-state index contributed by atoms with van der Waals surface area (Å²) in [4.78, 5) is 38.3. The number of aliphatic hydroxyl groups excluding tert-OH is 1. The van der Waals surface area contributed by atoms with Crippen molar-refractivity contribution >= 4 is 29.4 Å². The van der Waals surface area contributed by atoms with E-state index in [1.807, 2.05) is 42.5 Å². The molecule has 9 nitrogen and oxygen atoms in total. The summed E-state index contributed by atoms with van der Waals surface area (Å²) in [5.41, 5.74) is 3.43. The van der Waals surface area contributed by atoms with Gasteiger partial charge in [-0.1, -0.05) is 54.1 Å². The Morgan fingerprint density at radius 2 is 2.00 bits per heavy atom. The van der Waals surface area contributed by atoms with E-state index >= 15 is 0 Å². The molecular formula is C28H30ClN5O4. The quantitative estimate of drug-likeness (QED) is 0.454. The van der Waals surface area contributed by atoms with E-state index in [4.69, 9.17) is 16.3 Å². The first-order chi connectivity index (χ1) is 18.4. The monoisotopic (exact) mass is 535 g/mol. The number of aromatic nitrogens is 2. The molecular weight excluding hydrogens is 506 g/mol. The number of anilines is 1. The molecule has 2 amide bonds. The summed E-state index contributed by atoms with van der Waals surface area (Å²) in [6.45, 7) is 1.43. The highest BCUT2D eigenvalue weighted by Crippen LogP contribution is 2.32. The minimum Gasteiger partial charge on any atom is -0.394 e. The number of nitrogens with zero attached hydrogens (tertiary/aromatic N) is 4. The van der Waals surface area contributed by atoms with Crippen molar-refractivity contribution in [3.8, 4) is 11.3 Å². The van der Waals surface area contributed by atoms with Crippen LogP contribution in [0.15, 0.2) is 54.7 Å². The number of carbonyl (C=O) groups is 2. The second-order valence-corrected chi connectivity index (χ2v) is 9.98. The lowest BCUT2D eigenvalue weighted by atomic mass is 10.0. The number of nitrogens with one attached hydrogen (secondary N) is 1. The Kier molecular flexibility index (Phi) is 7.87. The number of hydrogen-bond acceptors (Lipinski definition) is 7. The highest BCUT2D eigenvalue weighted by atomic mass is 35.5. The van der Waals surface area contributed by atoms with Crippen LogP contribution >= 0.6 is 11.6 Å². The topological polar surface area (TPSA) is 108 Å². The van der Waals surface area contributed by atoms with Gasteiger partial charge in [0.25, 0.3) is 5.91 Å². The van der Waals surface area contributed by atoms with Gasteiger partial charge in [0, 0.05) is 44.0 Å². The predicted octanol–water partition coefficient (Wildman–Crippen LogP) is 3.54. The van der Waals surface area contributed by atoms with Crippen LogP contribution in [0, 0.1) is 0 Å². The van der Waals surface area contributed by atoms with Gasteiger partial charge in [-0.05, 0) is 30.0 Å². The zero-order valence-corrected chi connectivity index (χ0v) is 21.9. The molecule has 5 rings (SSSR count). The van der Waals surface area contributed by atoms with Gasteiger partial charge >= 0.3 is 0 Å². The largest absolute Gasteiger partial charge is 0.394 e. The van der Waals surface area contributed by atoms with Gasteiger partial charge in [-0.3, -0.25) is 9.59 Å². The van der Waals surface area contributed by atoms with Gasteiger partial charge in [-0.2, -0.15) is 0 Å². The maximum absolute atomic E-state index is 13.3. The van der Waals surface area contributed by atoms with Crippen molar-refractivity contribution in [3.63, 3.8) is 0 Å². The highest BCUT2D eigenvalue weighted by Gasteiger charge is 2.31. The van der Waals surface area contributed by atoms with E-state index in [0.717, 1.165) is 24.0 Å². The Morgan fingerprint density at radius 3 is 2.74 bits per heavy atom. The Balaban J connectivity index is 1.30. The first kappa shape index (κ1) is 26.1.